The van der Waals surface area contributed by atoms with Gasteiger partial charge >= 0.3 is 0 Å². The van der Waals surface area contributed by atoms with E-state index in [2.05, 4.69) is 21.5 Å². The number of hydrogen-bond acceptors (Lipinski definition) is 3. The van der Waals surface area contributed by atoms with Crippen LogP contribution in [0.2, 0.25) is 0 Å². The monoisotopic (exact) mass is 285 g/mol. The van der Waals surface area contributed by atoms with Gasteiger partial charge < -0.3 is 14.9 Å². The molecule has 110 valence electrons. The van der Waals surface area contributed by atoms with E-state index >= 15 is 0 Å². The van der Waals surface area contributed by atoms with E-state index in [-0.39, 0.29) is 0 Å². The van der Waals surface area contributed by atoms with Gasteiger partial charge in [0.1, 0.15) is 22.7 Å². The molecule has 3 aromatic rings. The van der Waals surface area contributed by atoms with E-state index in [1.54, 1.807) is 6.20 Å². The van der Waals surface area contributed by atoms with Gasteiger partial charge in [-0.05, 0) is 19.4 Å². The first kappa shape index (κ1) is 13.6. The highest BCUT2D eigenvalue weighted by molar-refractivity contribution is 6.06. The van der Waals surface area contributed by atoms with Crippen LogP contribution in [0.25, 0.3) is 22.1 Å². The zero-order valence-electron chi connectivity index (χ0n) is 12.6. The lowest BCUT2D eigenvalue weighted by Crippen LogP contribution is -2.16. The minimum Gasteiger partial charge on any atom is -0.364 e. The summed E-state index contributed by atoms with van der Waals surface area (Å²) < 4.78 is 3.94. The molecule has 21 heavy (non-hydrogen) atoms. The zero-order chi connectivity index (χ0) is 15.1. The van der Waals surface area contributed by atoms with E-state index < -0.39 is 5.91 Å². The van der Waals surface area contributed by atoms with Crippen molar-refractivity contribution in [3.63, 3.8) is 0 Å². The summed E-state index contributed by atoms with van der Waals surface area (Å²) in [6.45, 7) is 4.76. The summed E-state index contributed by atoms with van der Waals surface area (Å²) >= 11 is 0. The molecule has 0 atom stereocenters. The van der Waals surface area contributed by atoms with Crippen molar-refractivity contribution in [3.8, 4) is 0 Å². The number of carbonyl (C=O) groups is 1. The number of rotatable bonds is 4. The SMILES string of the molecule is CCCc1nc2cnc3c(cc(C(N)=O)n3CC)c2n1C. The average molecular weight is 285 g/mol. The smallest absolute Gasteiger partial charge is 0.265 e. The number of carbonyl (C=O) groups excluding carboxylic acids is 1. The van der Waals surface area contributed by atoms with Crippen LogP contribution in [0, 0.1) is 0 Å². The van der Waals surface area contributed by atoms with Gasteiger partial charge in [0.15, 0.2) is 0 Å². The maximum Gasteiger partial charge on any atom is 0.265 e. The van der Waals surface area contributed by atoms with Crippen LogP contribution < -0.4 is 5.73 Å². The number of amides is 1. The van der Waals surface area contributed by atoms with Crippen molar-refractivity contribution in [3.05, 3.63) is 23.8 Å². The lowest BCUT2D eigenvalue weighted by molar-refractivity contribution is 0.0992. The van der Waals surface area contributed by atoms with Crippen molar-refractivity contribution < 1.29 is 4.79 Å². The van der Waals surface area contributed by atoms with E-state index in [1.807, 2.05) is 24.6 Å². The first-order valence-corrected chi connectivity index (χ1v) is 7.21. The minimum atomic E-state index is -0.432. The quantitative estimate of drug-likeness (QED) is 0.796. The maximum absolute atomic E-state index is 11.6. The predicted molar refractivity (Wildman–Crippen MR) is 82.2 cm³/mol. The minimum absolute atomic E-state index is 0.432. The summed E-state index contributed by atoms with van der Waals surface area (Å²) in [7, 11) is 2.01. The molecule has 0 saturated carbocycles. The number of nitrogens with zero attached hydrogens (tertiary/aromatic N) is 4. The van der Waals surface area contributed by atoms with Gasteiger partial charge in [0, 0.05) is 25.4 Å². The highest BCUT2D eigenvalue weighted by atomic mass is 16.1. The Morgan fingerprint density at radius 1 is 1.38 bits per heavy atom. The van der Waals surface area contributed by atoms with Crippen LogP contribution in [0.5, 0.6) is 0 Å². The van der Waals surface area contributed by atoms with Crippen LogP contribution in [-0.2, 0) is 20.0 Å². The van der Waals surface area contributed by atoms with E-state index in [0.29, 0.717) is 12.2 Å². The number of aryl methyl sites for hydroxylation is 3. The molecule has 2 N–H and O–H groups in total. The van der Waals surface area contributed by atoms with E-state index in [9.17, 15) is 4.79 Å². The van der Waals surface area contributed by atoms with E-state index in [4.69, 9.17) is 5.73 Å². The van der Waals surface area contributed by atoms with Crippen molar-refractivity contribution >= 4 is 28.0 Å². The van der Waals surface area contributed by atoms with Crippen LogP contribution in [0.15, 0.2) is 12.3 Å². The zero-order valence-corrected chi connectivity index (χ0v) is 12.6. The fourth-order valence-electron chi connectivity index (χ4n) is 2.92. The largest absolute Gasteiger partial charge is 0.364 e. The highest BCUT2D eigenvalue weighted by Gasteiger charge is 2.18. The summed E-state index contributed by atoms with van der Waals surface area (Å²) in [6.07, 6.45) is 3.73. The highest BCUT2D eigenvalue weighted by Crippen LogP contribution is 2.27. The van der Waals surface area contributed by atoms with Crippen LogP contribution in [-0.4, -0.2) is 25.0 Å². The number of fused-ring (bicyclic) bond motifs is 3. The third kappa shape index (κ3) is 1.90. The number of primary amides is 1. The molecule has 0 aliphatic carbocycles. The van der Waals surface area contributed by atoms with Crippen LogP contribution in [0.3, 0.4) is 0 Å². The van der Waals surface area contributed by atoms with Crippen molar-refractivity contribution in [2.24, 2.45) is 12.8 Å². The molecule has 0 saturated heterocycles. The van der Waals surface area contributed by atoms with Crippen molar-refractivity contribution in [2.45, 2.75) is 33.2 Å². The molecular weight excluding hydrogens is 266 g/mol. The normalized spacial score (nSPS) is 11.6. The summed E-state index contributed by atoms with van der Waals surface area (Å²) in [5.74, 6) is 0.602. The predicted octanol–water partition coefficient (Wildman–Crippen LogP) is 1.99. The van der Waals surface area contributed by atoms with Gasteiger partial charge in [0.2, 0.25) is 0 Å². The average Bonchev–Trinajstić information content (AvgIpc) is 2.97. The molecule has 3 aromatic heterocycles. The van der Waals surface area contributed by atoms with Crippen molar-refractivity contribution in [2.75, 3.05) is 0 Å². The molecule has 3 rings (SSSR count). The van der Waals surface area contributed by atoms with E-state index in [1.165, 1.54) is 0 Å². The van der Waals surface area contributed by atoms with Gasteiger partial charge in [-0.2, -0.15) is 0 Å². The molecule has 0 aliphatic heterocycles. The molecule has 1 amide bonds. The lowest BCUT2D eigenvalue weighted by atomic mass is 10.2. The van der Waals surface area contributed by atoms with Gasteiger partial charge in [-0.25, -0.2) is 9.97 Å². The Morgan fingerprint density at radius 3 is 2.76 bits per heavy atom. The molecule has 0 bridgehead atoms. The molecule has 0 radical (unpaired) electrons. The topological polar surface area (TPSA) is 78.7 Å². The Hall–Kier alpha value is -2.37. The van der Waals surface area contributed by atoms with Crippen LogP contribution in [0.4, 0.5) is 0 Å². The number of aromatic nitrogens is 4. The Kier molecular flexibility index (Phi) is 3.16. The molecule has 0 spiro atoms. The second-order valence-electron chi connectivity index (χ2n) is 5.20. The molecule has 6 nitrogen and oxygen atoms in total. The second-order valence-corrected chi connectivity index (χ2v) is 5.20. The maximum atomic E-state index is 11.6. The Bertz CT molecular complexity index is 843. The number of imidazole rings is 1. The van der Waals surface area contributed by atoms with Crippen molar-refractivity contribution in [1.29, 1.82) is 0 Å². The van der Waals surface area contributed by atoms with Gasteiger partial charge in [-0.15, -0.1) is 0 Å². The number of hydrogen-bond donors (Lipinski definition) is 1. The summed E-state index contributed by atoms with van der Waals surface area (Å²) in [6, 6.07) is 1.83. The second kappa shape index (κ2) is 4.87. The summed E-state index contributed by atoms with van der Waals surface area (Å²) in [5.41, 5.74) is 8.62. The van der Waals surface area contributed by atoms with Crippen LogP contribution in [0.1, 0.15) is 36.6 Å². The third-order valence-electron chi connectivity index (χ3n) is 3.89. The molecule has 6 heteroatoms. The van der Waals surface area contributed by atoms with Gasteiger partial charge in [-0.1, -0.05) is 6.92 Å². The lowest BCUT2D eigenvalue weighted by Gasteiger charge is -2.04. The Morgan fingerprint density at radius 2 is 2.14 bits per heavy atom. The van der Waals surface area contributed by atoms with E-state index in [0.717, 1.165) is 40.7 Å². The fourth-order valence-corrected chi connectivity index (χ4v) is 2.92. The number of pyridine rings is 1. The molecule has 0 aliphatic rings. The van der Waals surface area contributed by atoms with Gasteiger partial charge in [-0.3, -0.25) is 4.79 Å². The summed E-state index contributed by atoms with van der Waals surface area (Å²) in [4.78, 5) is 20.7. The Labute approximate surface area is 122 Å². The van der Waals surface area contributed by atoms with Crippen molar-refractivity contribution in [1.82, 2.24) is 19.1 Å². The molecule has 0 unspecified atom stereocenters. The fraction of sp³-hybridized carbons (Fsp3) is 0.400. The first-order valence-electron chi connectivity index (χ1n) is 7.21. The first-order chi connectivity index (χ1) is 10.1. The van der Waals surface area contributed by atoms with Gasteiger partial charge in [0.25, 0.3) is 5.91 Å². The summed E-state index contributed by atoms with van der Waals surface area (Å²) in [5, 5.41) is 0.931. The molecular formula is C15H19N5O. The number of nitrogens with two attached hydrogens (primary N) is 1. The standard InChI is InChI=1S/C15H19N5O/c1-4-6-12-18-10-8-17-15-9(13(10)19(12)3)7-11(14(16)21)20(15)5-2/h7-8H,4-6H2,1-3H3,(H2,16,21). The molecule has 0 aromatic carbocycles. The third-order valence-corrected chi connectivity index (χ3v) is 3.89. The molecule has 0 fully saturated rings. The van der Waals surface area contributed by atoms with Crippen LogP contribution >= 0.6 is 0 Å². The Balaban J connectivity index is 2.40. The molecule has 3 heterocycles. The van der Waals surface area contributed by atoms with Gasteiger partial charge in [0.05, 0.1) is 11.7 Å².